The van der Waals surface area contributed by atoms with Gasteiger partial charge in [0.1, 0.15) is 0 Å². The lowest BCUT2D eigenvalue weighted by Crippen LogP contribution is -2.51. The lowest BCUT2D eigenvalue weighted by Gasteiger charge is -2.42. The predicted molar refractivity (Wildman–Crippen MR) is 158 cm³/mol. The molecule has 2 aliphatic heterocycles. The summed E-state index contributed by atoms with van der Waals surface area (Å²) in [4.78, 5) is 20.2. The molecule has 44 heavy (non-hydrogen) atoms. The molecule has 2 aromatic rings. The molecule has 10 heteroatoms. The molecule has 0 spiro atoms. The first-order chi connectivity index (χ1) is 20.7. The lowest BCUT2D eigenvalue weighted by molar-refractivity contribution is -0.143. The average molecular weight is 624 g/mol. The number of nitrogens with zero attached hydrogens (tertiary/aromatic N) is 3. The van der Waals surface area contributed by atoms with E-state index in [1.165, 1.54) is 37.7 Å². The van der Waals surface area contributed by atoms with Gasteiger partial charge in [0.15, 0.2) is 0 Å². The standard InChI is InChI=1S/C34H43F6N3O/c1-24-8-9-25(2)30(18-24)32(10-12-41-14-16-42(17-15-41)29-6-4-3-5-7-29)11-13-43(23-32)31(44)21-26-19-27(33(35,36)37)22-28(20-26)34(38,39)40/h8-9,18-20,22,29H,3-7,10-17,21,23H2,1-2H3. The second-order valence-electron chi connectivity index (χ2n) is 13.2. The van der Waals surface area contributed by atoms with Crippen molar-refractivity contribution in [1.29, 1.82) is 0 Å². The first kappa shape index (κ1) is 32.8. The Morgan fingerprint density at radius 3 is 2.09 bits per heavy atom. The molecular weight excluding hydrogens is 580 g/mol. The third-order valence-corrected chi connectivity index (χ3v) is 10.1. The molecule has 1 unspecified atom stereocenters. The summed E-state index contributed by atoms with van der Waals surface area (Å²) in [7, 11) is 0. The molecule has 242 valence electrons. The highest BCUT2D eigenvalue weighted by Crippen LogP contribution is 2.41. The smallest absolute Gasteiger partial charge is 0.341 e. The van der Waals surface area contributed by atoms with E-state index in [1.54, 1.807) is 4.90 Å². The fourth-order valence-electron chi connectivity index (χ4n) is 7.53. The summed E-state index contributed by atoms with van der Waals surface area (Å²) in [5.74, 6) is -0.453. The minimum Gasteiger partial charge on any atom is -0.341 e. The van der Waals surface area contributed by atoms with Crippen molar-refractivity contribution < 1.29 is 31.1 Å². The lowest BCUT2D eigenvalue weighted by atomic mass is 9.74. The van der Waals surface area contributed by atoms with Crippen molar-refractivity contribution in [3.63, 3.8) is 0 Å². The maximum absolute atomic E-state index is 13.4. The molecule has 2 saturated heterocycles. The summed E-state index contributed by atoms with van der Waals surface area (Å²) in [6, 6.07) is 8.44. The zero-order valence-corrected chi connectivity index (χ0v) is 25.7. The quantitative estimate of drug-likeness (QED) is 0.301. The summed E-state index contributed by atoms with van der Waals surface area (Å²) in [5.41, 5.74) is -0.00441. The van der Waals surface area contributed by atoms with E-state index in [0.29, 0.717) is 37.7 Å². The molecule has 0 radical (unpaired) electrons. The summed E-state index contributed by atoms with van der Waals surface area (Å²) in [5, 5.41) is 0. The van der Waals surface area contributed by atoms with Crippen molar-refractivity contribution in [3.8, 4) is 0 Å². The number of aryl methyl sites for hydroxylation is 2. The number of benzene rings is 2. The maximum atomic E-state index is 13.4. The van der Waals surface area contributed by atoms with Crippen LogP contribution in [-0.4, -0.2) is 72.5 Å². The molecule has 2 heterocycles. The molecule has 1 amide bonds. The molecule has 1 saturated carbocycles. The van der Waals surface area contributed by atoms with Crippen LogP contribution < -0.4 is 0 Å². The van der Waals surface area contributed by atoms with Crippen LogP contribution in [0.25, 0.3) is 0 Å². The number of piperazine rings is 1. The second kappa shape index (κ2) is 13.0. The first-order valence-electron chi connectivity index (χ1n) is 15.8. The number of likely N-dealkylation sites (tertiary alicyclic amines) is 1. The highest BCUT2D eigenvalue weighted by molar-refractivity contribution is 5.79. The van der Waals surface area contributed by atoms with Crippen molar-refractivity contribution in [3.05, 3.63) is 69.8 Å². The van der Waals surface area contributed by atoms with Gasteiger partial charge in [-0.2, -0.15) is 26.3 Å². The van der Waals surface area contributed by atoms with Crippen LogP contribution in [0.4, 0.5) is 26.3 Å². The number of amides is 1. The number of rotatable bonds is 7. The third kappa shape index (κ3) is 7.61. The average Bonchev–Trinajstić information content (AvgIpc) is 3.43. The highest BCUT2D eigenvalue weighted by Gasteiger charge is 2.43. The summed E-state index contributed by atoms with van der Waals surface area (Å²) < 4.78 is 80.5. The molecular formula is C34H43F6N3O. The second-order valence-corrected chi connectivity index (χ2v) is 13.2. The number of carbonyl (C=O) groups is 1. The van der Waals surface area contributed by atoms with E-state index in [-0.39, 0.29) is 17.0 Å². The Hall–Kier alpha value is -2.59. The number of halogens is 6. The van der Waals surface area contributed by atoms with Gasteiger partial charge in [-0.05, 0) is 81.0 Å². The van der Waals surface area contributed by atoms with Gasteiger partial charge in [0.25, 0.3) is 0 Å². The number of hydrogen-bond donors (Lipinski definition) is 0. The van der Waals surface area contributed by atoms with E-state index in [9.17, 15) is 31.1 Å². The van der Waals surface area contributed by atoms with Gasteiger partial charge in [-0.1, -0.05) is 43.0 Å². The molecule has 2 aromatic carbocycles. The summed E-state index contributed by atoms with van der Waals surface area (Å²) in [6.07, 6.45) is -2.35. The van der Waals surface area contributed by atoms with Crippen LogP contribution in [0.2, 0.25) is 0 Å². The molecule has 5 rings (SSSR count). The van der Waals surface area contributed by atoms with Crippen molar-refractivity contribution in [2.75, 3.05) is 45.8 Å². The molecule has 0 bridgehead atoms. The van der Waals surface area contributed by atoms with Gasteiger partial charge in [0.2, 0.25) is 5.91 Å². The monoisotopic (exact) mass is 623 g/mol. The zero-order chi connectivity index (χ0) is 31.7. The minimum absolute atomic E-state index is 0.102. The fraction of sp³-hybridized carbons (Fsp3) is 0.618. The maximum Gasteiger partial charge on any atom is 0.416 e. The normalized spacial score (nSPS) is 23.0. The van der Waals surface area contributed by atoms with Crippen LogP contribution in [0.1, 0.15) is 78.3 Å². The molecule has 1 atom stereocenters. The Labute approximate surface area is 256 Å². The van der Waals surface area contributed by atoms with E-state index in [4.69, 9.17) is 0 Å². The molecule has 3 aliphatic rings. The van der Waals surface area contributed by atoms with Gasteiger partial charge in [0, 0.05) is 50.7 Å². The third-order valence-electron chi connectivity index (χ3n) is 10.1. The van der Waals surface area contributed by atoms with Crippen molar-refractivity contribution in [2.24, 2.45) is 0 Å². The molecule has 4 nitrogen and oxygen atoms in total. The predicted octanol–water partition coefficient (Wildman–Crippen LogP) is 7.39. The molecule has 1 aliphatic carbocycles. The van der Waals surface area contributed by atoms with Crippen LogP contribution in [0.15, 0.2) is 36.4 Å². The van der Waals surface area contributed by atoms with Crippen LogP contribution in [0.5, 0.6) is 0 Å². The van der Waals surface area contributed by atoms with Gasteiger partial charge in [-0.3, -0.25) is 9.69 Å². The Balaban J connectivity index is 1.30. The van der Waals surface area contributed by atoms with Gasteiger partial charge < -0.3 is 9.80 Å². The Morgan fingerprint density at radius 2 is 1.48 bits per heavy atom. The molecule has 0 aromatic heterocycles. The minimum atomic E-state index is -4.95. The van der Waals surface area contributed by atoms with Crippen LogP contribution >= 0.6 is 0 Å². The van der Waals surface area contributed by atoms with E-state index >= 15 is 0 Å². The van der Waals surface area contributed by atoms with E-state index < -0.39 is 35.8 Å². The topological polar surface area (TPSA) is 26.8 Å². The van der Waals surface area contributed by atoms with E-state index in [2.05, 4.69) is 34.9 Å². The largest absolute Gasteiger partial charge is 0.416 e. The number of alkyl halides is 6. The van der Waals surface area contributed by atoms with Crippen molar-refractivity contribution in [2.45, 2.75) is 89.0 Å². The van der Waals surface area contributed by atoms with E-state index in [0.717, 1.165) is 50.3 Å². The Bertz CT molecular complexity index is 1280. The Morgan fingerprint density at radius 1 is 0.841 bits per heavy atom. The number of carbonyl (C=O) groups excluding carboxylic acids is 1. The zero-order valence-electron chi connectivity index (χ0n) is 25.7. The van der Waals surface area contributed by atoms with Crippen molar-refractivity contribution >= 4 is 5.91 Å². The molecule has 0 N–H and O–H groups in total. The van der Waals surface area contributed by atoms with E-state index in [1.807, 2.05) is 6.92 Å². The summed E-state index contributed by atoms with van der Waals surface area (Å²) >= 11 is 0. The summed E-state index contributed by atoms with van der Waals surface area (Å²) in [6.45, 7) is 9.88. The van der Waals surface area contributed by atoms with Crippen LogP contribution in [-0.2, 0) is 29.0 Å². The highest BCUT2D eigenvalue weighted by atomic mass is 19.4. The SMILES string of the molecule is Cc1ccc(C)c(C2(CCN3CCN(C4CCCCC4)CC3)CCN(C(=O)Cc3cc(C(F)(F)F)cc(C(F)(F)F)c3)C2)c1. The number of hydrogen-bond acceptors (Lipinski definition) is 3. The Kier molecular flexibility index (Phi) is 9.71. The first-order valence-corrected chi connectivity index (χ1v) is 15.8. The van der Waals surface area contributed by atoms with Crippen LogP contribution in [0.3, 0.4) is 0 Å². The van der Waals surface area contributed by atoms with Gasteiger partial charge in [0.05, 0.1) is 17.5 Å². The van der Waals surface area contributed by atoms with Gasteiger partial charge in [-0.25, -0.2) is 0 Å². The van der Waals surface area contributed by atoms with Crippen LogP contribution in [0, 0.1) is 13.8 Å². The fourth-order valence-corrected chi connectivity index (χ4v) is 7.53. The van der Waals surface area contributed by atoms with Crippen molar-refractivity contribution in [1.82, 2.24) is 14.7 Å². The molecule has 3 fully saturated rings. The van der Waals surface area contributed by atoms with Gasteiger partial charge >= 0.3 is 12.4 Å². The van der Waals surface area contributed by atoms with Gasteiger partial charge in [-0.15, -0.1) is 0 Å².